The molecule has 300 valence electrons. The first-order valence-corrected chi connectivity index (χ1v) is 22.6. The fraction of sp³-hybridized carbons (Fsp3) is 0. The normalized spacial score (nSPS) is 11.8. The first-order valence-electron chi connectivity index (χ1n) is 21.7. The van der Waals surface area contributed by atoms with E-state index in [1.54, 1.807) is 0 Å². The lowest BCUT2D eigenvalue weighted by molar-refractivity contribution is 0.670. The van der Waals surface area contributed by atoms with Crippen LogP contribution in [0.4, 0.5) is 17.1 Å². The van der Waals surface area contributed by atoms with E-state index < -0.39 is 0 Å². The number of fused-ring (bicyclic) bond motifs is 9. The van der Waals surface area contributed by atoms with Crippen molar-refractivity contribution in [3.63, 3.8) is 0 Å². The Morgan fingerprint density at radius 2 is 0.953 bits per heavy atom. The van der Waals surface area contributed by atoms with Crippen LogP contribution in [-0.4, -0.2) is 4.57 Å². The van der Waals surface area contributed by atoms with Crippen molar-refractivity contribution in [2.24, 2.45) is 0 Å². The standard InChI is InChI=1S/C60H38N2OS/c1-3-13-41(14-4-1)47-19-11-20-49-52-38-43(30-36-56(52)63-60(47)49)40-27-33-46(34-28-40)61(55-22-12-24-58-59(55)50-18-8-10-23-57(50)64-58)45-31-25-39(26-32-45)42-29-35-54-51(37-42)48-17-7-9-21-53(48)62(54)44-15-5-2-6-16-44/h1-38H. The molecule has 0 atom stereocenters. The molecule has 3 heterocycles. The van der Waals surface area contributed by atoms with Crippen LogP contribution in [0, 0.1) is 0 Å². The Bertz CT molecular complexity index is 3880. The van der Waals surface area contributed by atoms with Crippen LogP contribution in [0.15, 0.2) is 235 Å². The molecule has 0 saturated heterocycles. The highest BCUT2D eigenvalue weighted by molar-refractivity contribution is 7.26. The highest BCUT2D eigenvalue weighted by Crippen LogP contribution is 2.46. The topological polar surface area (TPSA) is 21.3 Å². The van der Waals surface area contributed by atoms with E-state index in [1.807, 2.05) is 17.4 Å². The van der Waals surface area contributed by atoms with Gasteiger partial charge in [0.15, 0.2) is 0 Å². The first kappa shape index (κ1) is 36.5. The van der Waals surface area contributed by atoms with Crippen LogP contribution < -0.4 is 4.90 Å². The largest absolute Gasteiger partial charge is 0.455 e. The van der Waals surface area contributed by atoms with E-state index >= 15 is 0 Å². The van der Waals surface area contributed by atoms with Crippen LogP contribution in [-0.2, 0) is 0 Å². The molecule has 0 fully saturated rings. The van der Waals surface area contributed by atoms with Crippen molar-refractivity contribution in [1.29, 1.82) is 0 Å². The average Bonchev–Trinajstić information content (AvgIpc) is 4.05. The number of rotatable bonds is 7. The van der Waals surface area contributed by atoms with Gasteiger partial charge in [0, 0.05) is 64.3 Å². The van der Waals surface area contributed by atoms with Crippen molar-refractivity contribution in [1.82, 2.24) is 4.57 Å². The van der Waals surface area contributed by atoms with Gasteiger partial charge in [-0.15, -0.1) is 11.3 Å². The summed E-state index contributed by atoms with van der Waals surface area (Å²) in [7, 11) is 0. The zero-order chi connectivity index (χ0) is 42.1. The SMILES string of the molecule is c1ccc(-c2cccc3c2oc2ccc(-c4ccc(N(c5ccc(-c6ccc7c(c6)c6ccccc6n7-c6ccccc6)cc5)c5cccc6sc7ccccc7c56)cc4)cc23)cc1. The summed E-state index contributed by atoms with van der Waals surface area (Å²) in [4.78, 5) is 2.42. The third kappa shape index (κ3) is 5.88. The molecule has 0 radical (unpaired) electrons. The predicted octanol–water partition coefficient (Wildman–Crippen LogP) is 17.5. The molecule has 0 aliphatic rings. The summed E-state index contributed by atoms with van der Waals surface area (Å²) >= 11 is 1.85. The summed E-state index contributed by atoms with van der Waals surface area (Å²) in [5.41, 5.74) is 15.7. The Kier molecular flexibility index (Phi) is 8.40. The number of hydrogen-bond acceptors (Lipinski definition) is 3. The number of thiophene rings is 1. The van der Waals surface area contributed by atoms with Crippen molar-refractivity contribution >= 4 is 92.3 Å². The Balaban J connectivity index is 0.907. The van der Waals surface area contributed by atoms with Gasteiger partial charge in [0.2, 0.25) is 0 Å². The summed E-state index contributed by atoms with van der Waals surface area (Å²) < 4.78 is 11.5. The molecular formula is C60H38N2OS. The maximum absolute atomic E-state index is 6.52. The Labute approximate surface area is 373 Å². The molecule has 13 rings (SSSR count). The highest BCUT2D eigenvalue weighted by Gasteiger charge is 2.20. The summed E-state index contributed by atoms with van der Waals surface area (Å²) in [6.07, 6.45) is 0. The van der Waals surface area contributed by atoms with Crippen LogP contribution in [0.5, 0.6) is 0 Å². The number of aromatic nitrogens is 1. The van der Waals surface area contributed by atoms with Crippen molar-refractivity contribution in [2.75, 3.05) is 4.90 Å². The third-order valence-corrected chi connectivity index (χ3v) is 13.9. The summed E-state index contributed by atoms with van der Waals surface area (Å²) in [5, 5.41) is 7.28. The van der Waals surface area contributed by atoms with Crippen molar-refractivity contribution in [3.05, 3.63) is 231 Å². The lowest BCUT2D eigenvalue weighted by atomic mass is 9.99. The second-order valence-electron chi connectivity index (χ2n) is 16.5. The van der Waals surface area contributed by atoms with Gasteiger partial charge in [0.05, 0.1) is 16.7 Å². The lowest BCUT2D eigenvalue weighted by Crippen LogP contribution is -2.10. The van der Waals surface area contributed by atoms with E-state index in [0.717, 1.165) is 66.9 Å². The monoisotopic (exact) mass is 834 g/mol. The number of furan rings is 1. The molecule has 0 spiro atoms. The molecule has 10 aromatic carbocycles. The van der Waals surface area contributed by atoms with Gasteiger partial charge in [-0.05, 0) is 113 Å². The molecule has 0 unspecified atom stereocenters. The number of para-hydroxylation sites is 3. The van der Waals surface area contributed by atoms with Crippen molar-refractivity contribution in [2.45, 2.75) is 0 Å². The second-order valence-corrected chi connectivity index (χ2v) is 17.5. The average molecular weight is 835 g/mol. The Morgan fingerprint density at radius 1 is 0.375 bits per heavy atom. The van der Waals surface area contributed by atoms with Crippen molar-refractivity contribution in [3.8, 4) is 39.1 Å². The molecule has 0 saturated carbocycles. The first-order chi connectivity index (χ1) is 31.7. The van der Waals surface area contributed by atoms with Crippen LogP contribution in [0.1, 0.15) is 0 Å². The predicted molar refractivity (Wildman–Crippen MR) is 272 cm³/mol. The minimum atomic E-state index is 0.892. The molecule has 0 aliphatic carbocycles. The van der Waals surface area contributed by atoms with Gasteiger partial charge in [-0.25, -0.2) is 0 Å². The van der Waals surface area contributed by atoms with Gasteiger partial charge in [0.1, 0.15) is 11.2 Å². The summed E-state index contributed by atoms with van der Waals surface area (Å²) in [6.45, 7) is 0. The summed E-state index contributed by atoms with van der Waals surface area (Å²) in [6, 6.07) is 83.3. The second kappa shape index (κ2) is 14.7. The highest BCUT2D eigenvalue weighted by atomic mass is 32.1. The van der Waals surface area contributed by atoms with E-state index in [2.05, 4.69) is 234 Å². The molecule has 0 bridgehead atoms. The van der Waals surface area contributed by atoms with Crippen LogP contribution in [0.25, 0.3) is 103 Å². The lowest BCUT2D eigenvalue weighted by Gasteiger charge is -2.27. The van der Waals surface area contributed by atoms with E-state index in [1.165, 1.54) is 53.1 Å². The maximum atomic E-state index is 6.52. The molecule has 4 heteroatoms. The van der Waals surface area contributed by atoms with E-state index in [4.69, 9.17) is 4.42 Å². The zero-order valence-electron chi connectivity index (χ0n) is 34.7. The van der Waals surface area contributed by atoms with Gasteiger partial charge < -0.3 is 13.9 Å². The molecule has 13 aromatic rings. The number of hydrogen-bond donors (Lipinski definition) is 0. The fourth-order valence-electron chi connectivity index (χ4n) is 9.81. The minimum Gasteiger partial charge on any atom is -0.455 e. The molecule has 3 nitrogen and oxygen atoms in total. The molecule has 0 N–H and O–H groups in total. The Hall–Kier alpha value is -8.18. The smallest absolute Gasteiger partial charge is 0.143 e. The van der Waals surface area contributed by atoms with E-state index in [0.29, 0.717) is 0 Å². The maximum Gasteiger partial charge on any atom is 0.143 e. The van der Waals surface area contributed by atoms with Crippen LogP contribution >= 0.6 is 11.3 Å². The molecule has 64 heavy (non-hydrogen) atoms. The molecule has 3 aromatic heterocycles. The number of anilines is 3. The number of nitrogens with zero attached hydrogens (tertiary/aromatic N) is 2. The van der Waals surface area contributed by atoms with E-state index in [9.17, 15) is 0 Å². The van der Waals surface area contributed by atoms with Crippen LogP contribution in [0.2, 0.25) is 0 Å². The summed E-state index contributed by atoms with van der Waals surface area (Å²) in [5.74, 6) is 0. The fourth-order valence-corrected chi connectivity index (χ4v) is 10.9. The van der Waals surface area contributed by atoms with E-state index in [-0.39, 0.29) is 0 Å². The molecular weight excluding hydrogens is 797 g/mol. The van der Waals surface area contributed by atoms with Gasteiger partial charge in [0.25, 0.3) is 0 Å². The van der Waals surface area contributed by atoms with Gasteiger partial charge in [-0.2, -0.15) is 0 Å². The third-order valence-electron chi connectivity index (χ3n) is 12.8. The Morgan fingerprint density at radius 3 is 1.72 bits per heavy atom. The van der Waals surface area contributed by atoms with Gasteiger partial charge >= 0.3 is 0 Å². The number of benzene rings is 10. The minimum absolute atomic E-state index is 0.892. The molecule has 0 amide bonds. The van der Waals surface area contributed by atoms with Gasteiger partial charge in [-0.3, -0.25) is 0 Å². The quantitative estimate of drug-likeness (QED) is 0.159. The van der Waals surface area contributed by atoms with Gasteiger partial charge in [-0.1, -0.05) is 146 Å². The van der Waals surface area contributed by atoms with Crippen LogP contribution in [0.3, 0.4) is 0 Å². The molecule has 0 aliphatic heterocycles. The van der Waals surface area contributed by atoms with Crippen molar-refractivity contribution < 1.29 is 4.42 Å². The zero-order valence-corrected chi connectivity index (χ0v) is 35.5.